The van der Waals surface area contributed by atoms with Crippen LogP contribution in [0.4, 0.5) is 23.2 Å². The van der Waals surface area contributed by atoms with Crippen molar-refractivity contribution in [3.05, 3.63) is 107 Å². The highest BCUT2D eigenvalue weighted by molar-refractivity contribution is 7.89. The third-order valence-corrected chi connectivity index (χ3v) is 10.1. The zero-order chi connectivity index (χ0) is 31.4. The predicted molar refractivity (Wildman–Crippen MR) is 153 cm³/mol. The van der Waals surface area contributed by atoms with Crippen LogP contribution in [0.1, 0.15) is 37.3 Å². The van der Waals surface area contributed by atoms with E-state index in [1.165, 1.54) is 31.4 Å². The van der Waals surface area contributed by atoms with E-state index in [1.807, 2.05) is 24.2 Å². The number of rotatable bonds is 8. The SMILES string of the molecule is C[C@H]1C2=CNN(c3ccc(F)cc3)C2=CC2=C1[C@@H](CN(CC(O)c1ccccn1)S(=O)(=O)c1cn(C)nc1C(F)(F)F)CC2. The summed E-state index contributed by atoms with van der Waals surface area (Å²) in [5.41, 5.74) is 6.51. The molecule has 0 spiro atoms. The number of hydrogen-bond donors (Lipinski definition) is 2. The van der Waals surface area contributed by atoms with Gasteiger partial charge < -0.3 is 10.5 Å². The molecule has 1 aliphatic heterocycles. The number of fused-ring (bicyclic) bond motifs is 1. The van der Waals surface area contributed by atoms with Crippen LogP contribution >= 0.6 is 0 Å². The Morgan fingerprint density at radius 1 is 1.18 bits per heavy atom. The average molecular weight is 631 g/mol. The van der Waals surface area contributed by atoms with Gasteiger partial charge in [0.05, 0.1) is 17.1 Å². The number of halogens is 4. The van der Waals surface area contributed by atoms with Gasteiger partial charge in [0.25, 0.3) is 0 Å². The fourth-order valence-corrected chi connectivity index (χ4v) is 7.95. The monoisotopic (exact) mass is 630 g/mol. The number of aliphatic hydroxyl groups is 1. The van der Waals surface area contributed by atoms with Crippen molar-refractivity contribution in [2.45, 2.75) is 36.9 Å². The maximum atomic E-state index is 14.0. The van der Waals surface area contributed by atoms with E-state index in [4.69, 9.17) is 0 Å². The van der Waals surface area contributed by atoms with Gasteiger partial charge in [-0.15, -0.1) is 0 Å². The average Bonchev–Trinajstić information content (AvgIpc) is 3.71. The fraction of sp³-hybridized carbons (Fsp3) is 0.333. The summed E-state index contributed by atoms with van der Waals surface area (Å²) < 4.78 is 84.9. The number of benzene rings is 1. The van der Waals surface area contributed by atoms with Crippen LogP contribution in [0.3, 0.4) is 0 Å². The minimum atomic E-state index is -5.00. The first-order valence-corrected chi connectivity index (χ1v) is 15.5. The van der Waals surface area contributed by atoms with Gasteiger partial charge >= 0.3 is 6.18 Å². The first kappa shape index (κ1) is 30.0. The van der Waals surface area contributed by atoms with Gasteiger partial charge in [-0.1, -0.05) is 18.6 Å². The molecule has 0 radical (unpaired) electrons. The van der Waals surface area contributed by atoms with E-state index >= 15 is 0 Å². The molecule has 2 aliphatic carbocycles. The number of alkyl halides is 3. The first-order valence-electron chi connectivity index (χ1n) is 14.0. The molecule has 0 saturated carbocycles. The Morgan fingerprint density at radius 3 is 2.61 bits per heavy atom. The first-order chi connectivity index (χ1) is 20.8. The van der Waals surface area contributed by atoms with Crippen molar-refractivity contribution in [1.29, 1.82) is 0 Å². The molecule has 3 heterocycles. The maximum Gasteiger partial charge on any atom is 0.436 e. The molecule has 232 valence electrons. The number of aromatic nitrogens is 3. The number of allylic oxidation sites excluding steroid dienone is 3. The third-order valence-electron chi connectivity index (χ3n) is 8.30. The molecule has 44 heavy (non-hydrogen) atoms. The largest absolute Gasteiger partial charge is 0.436 e. The van der Waals surface area contributed by atoms with Gasteiger partial charge in [-0.3, -0.25) is 14.7 Å². The lowest BCUT2D eigenvalue weighted by molar-refractivity contribution is -0.143. The van der Waals surface area contributed by atoms with E-state index in [2.05, 4.69) is 15.5 Å². The normalized spacial score (nSPS) is 20.8. The smallest absolute Gasteiger partial charge is 0.385 e. The molecule has 0 amide bonds. The maximum absolute atomic E-state index is 14.0. The standard InChI is InChI=1S/C30H30F4N6O3S/c1-18-23-14-36-40(22-10-8-21(31)9-11-22)25(23)13-19-6-7-20(28(18)19)15-39(16-26(41)24-5-3-4-12-35-24)44(42,43)27-17-38(2)37-29(27)30(32,33)34/h3-5,8-14,17-18,20,26,36,41H,6-7,15-16H2,1-2H3/t18-,20+,26?/m0/s1. The van der Waals surface area contributed by atoms with E-state index in [0.717, 1.165) is 43.3 Å². The number of aryl methyl sites for hydroxylation is 1. The summed E-state index contributed by atoms with van der Waals surface area (Å²) in [6.45, 7) is 1.36. The second kappa shape index (κ2) is 11.2. The van der Waals surface area contributed by atoms with Crippen LogP contribution in [0.15, 0.2) is 94.4 Å². The van der Waals surface area contributed by atoms with Gasteiger partial charge in [0, 0.05) is 50.2 Å². The number of nitrogens with one attached hydrogen (secondary N) is 1. The van der Waals surface area contributed by atoms with Crippen molar-refractivity contribution < 1.29 is 31.1 Å². The van der Waals surface area contributed by atoms with Gasteiger partial charge in [0.1, 0.15) is 16.8 Å². The Morgan fingerprint density at radius 2 is 1.93 bits per heavy atom. The fourth-order valence-electron chi connectivity index (χ4n) is 6.27. The molecule has 3 aliphatic rings. The van der Waals surface area contributed by atoms with Crippen molar-refractivity contribution in [1.82, 2.24) is 24.5 Å². The van der Waals surface area contributed by atoms with Crippen LogP contribution in [0.5, 0.6) is 0 Å². The molecule has 1 aromatic carbocycles. The highest BCUT2D eigenvalue weighted by atomic mass is 32.2. The van der Waals surface area contributed by atoms with Crippen molar-refractivity contribution in [2.24, 2.45) is 18.9 Å². The van der Waals surface area contributed by atoms with E-state index in [0.29, 0.717) is 12.8 Å². The summed E-state index contributed by atoms with van der Waals surface area (Å²) in [7, 11) is -3.54. The van der Waals surface area contributed by atoms with Gasteiger partial charge in [0.15, 0.2) is 5.69 Å². The van der Waals surface area contributed by atoms with Crippen LogP contribution in [-0.2, 0) is 23.2 Å². The molecular formula is C30H30F4N6O3S. The number of sulfonamides is 1. The molecule has 3 aromatic rings. The summed E-state index contributed by atoms with van der Waals surface area (Å²) in [6.07, 6.45) is 0.980. The third kappa shape index (κ3) is 5.41. The summed E-state index contributed by atoms with van der Waals surface area (Å²) in [5, 5.41) is 16.2. The van der Waals surface area contributed by atoms with Crippen molar-refractivity contribution in [3.63, 3.8) is 0 Å². The molecule has 14 heteroatoms. The van der Waals surface area contributed by atoms with E-state index in [9.17, 15) is 31.1 Å². The summed E-state index contributed by atoms with van der Waals surface area (Å²) >= 11 is 0. The molecule has 2 N–H and O–H groups in total. The van der Waals surface area contributed by atoms with Crippen LogP contribution in [0.2, 0.25) is 0 Å². The Bertz CT molecular complexity index is 1770. The Hall–Kier alpha value is -4.01. The van der Waals surface area contributed by atoms with Crippen molar-refractivity contribution in [3.8, 4) is 0 Å². The zero-order valence-electron chi connectivity index (χ0n) is 23.8. The molecule has 6 rings (SSSR count). The molecule has 2 aromatic heterocycles. The summed E-state index contributed by atoms with van der Waals surface area (Å²) in [6, 6.07) is 10.9. The number of hydrazine groups is 1. The van der Waals surface area contributed by atoms with Crippen LogP contribution in [-0.4, -0.2) is 45.7 Å². The highest BCUT2D eigenvalue weighted by Gasteiger charge is 2.45. The lowest BCUT2D eigenvalue weighted by atomic mass is 9.80. The minimum absolute atomic E-state index is 0.134. The van der Waals surface area contributed by atoms with Crippen molar-refractivity contribution >= 4 is 15.7 Å². The quantitative estimate of drug-likeness (QED) is 0.343. The van der Waals surface area contributed by atoms with Crippen LogP contribution in [0.25, 0.3) is 0 Å². The number of nitrogens with zero attached hydrogens (tertiary/aromatic N) is 5. The lowest BCUT2D eigenvalue weighted by Crippen LogP contribution is -2.39. The molecular weight excluding hydrogens is 600 g/mol. The molecule has 1 unspecified atom stereocenters. The molecule has 0 bridgehead atoms. The van der Waals surface area contributed by atoms with Crippen molar-refractivity contribution in [2.75, 3.05) is 18.1 Å². The predicted octanol–water partition coefficient (Wildman–Crippen LogP) is 4.85. The van der Waals surface area contributed by atoms with E-state index < -0.39 is 39.4 Å². The summed E-state index contributed by atoms with van der Waals surface area (Å²) in [5.74, 6) is -0.808. The number of pyridine rings is 1. The van der Waals surface area contributed by atoms with Gasteiger partial charge in [0.2, 0.25) is 10.0 Å². The van der Waals surface area contributed by atoms with Gasteiger partial charge in [-0.2, -0.15) is 22.6 Å². The highest BCUT2D eigenvalue weighted by Crippen LogP contribution is 2.48. The Labute approximate surface area is 251 Å². The molecule has 3 atom stereocenters. The second-order valence-electron chi connectivity index (χ2n) is 11.1. The van der Waals surface area contributed by atoms with E-state index in [1.54, 1.807) is 24.3 Å². The zero-order valence-corrected chi connectivity index (χ0v) is 24.6. The second-order valence-corrected chi connectivity index (χ2v) is 13.0. The molecule has 0 saturated heterocycles. The Balaban J connectivity index is 1.35. The van der Waals surface area contributed by atoms with E-state index in [-0.39, 0.29) is 29.9 Å². The minimum Gasteiger partial charge on any atom is -0.385 e. The number of aliphatic hydroxyl groups excluding tert-OH is 1. The Kier molecular flexibility index (Phi) is 7.62. The number of hydrogen-bond acceptors (Lipinski definition) is 7. The molecule has 0 fully saturated rings. The summed E-state index contributed by atoms with van der Waals surface area (Å²) in [4.78, 5) is 3.14. The molecule has 9 nitrogen and oxygen atoms in total. The van der Waals surface area contributed by atoms with Gasteiger partial charge in [-0.25, -0.2) is 12.8 Å². The number of anilines is 1. The van der Waals surface area contributed by atoms with Crippen LogP contribution < -0.4 is 10.4 Å². The van der Waals surface area contributed by atoms with Gasteiger partial charge in [-0.05, 0) is 66.8 Å². The van der Waals surface area contributed by atoms with Crippen LogP contribution in [0, 0.1) is 17.7 Å². The topological polar surface area (TPSA) is 104 Å². The lowest BCUT2D eigenvalue weighted by Gasteiger charge is -2.32.